The summed E-state index contributed by atoms with van der Waals surface area (Å²) in [4.78, 5) is 11.1. The first-order valence-corrected chi connectivity index (χ1v) is 8.01. The topological polar surface area (TPSA) is 22.0 Å². The Morgan fingerprint density at radius 3 is 2.18 bits per heavy atom. The van der Waals surface area contributed by atoms with E-state index < -0.39 is 0 Å². The third-order valence-corrected chi connectivity index (χ3v) is 5.35. The molecule has 1 aliphatic carbocycles. The first-order valence-electron chi connectivity index (χ1n) is 8.01. The van der Waals surface area contributed by atoms with E-state index in [2.05, 4.69) is 45.9 Å². The van der Waals surface area contributed by atoms with E-state index in [1.165, 1.54) is 29.5 Å². The Kier molecular flexibility index (Phi) is 3.32. The third-order valence-electron chi connectivity index (χ3n) is 5.35. The normalized spacial score (nSPS) is 18.8. The molecule has 0 saturated heterocycles. The average molecular weight is 295 g/mol. The van der Waals surface area contributed by atoms with Crippen molar-refractivity contribution in [2.45, 2.75) is 51.4 Å². The fraction of sp³-hybridized carbons (Fsp3) is 0.450. The summed E-state index contributed by atoms with van der Waals surface area (Å²) in [5.41, 5.74) is 6.42. The second-order valence-electron chi connectivity index (χ2n) is 7.91. The molecule has 0 fully saturated rings. The average Bonchev–Trinajstić information content (AvgIpc) is 2.85. The number of aryl methyl sites for hydroxylation is 1. The van der Waals surface area contributed by atoms with Gasteiger partial charge in [-0.2, -0.15) is 0 Å². The molecule has 1 heterocycles. The smallest absolute Gasteiger partial charge is 0.166 e. The molecule has 0 bridgehead atoms. The van der Waals surface area contributed by atoms with Crippen molar-refractivity contribution in [1.82, 2.24) is 4.57 Å². The minimum absolute atomic E-state index is 0.211. The summed E-state index contributed by atoms with van der Waals surface area (Å²) in [6.07, 6.45) is 5.39. The number of carbonyl (C=O) groups is 1. The Balaban J connectivity index is 2.15. The Hall–Kier alpha value is -1.83. The van der Waals surface area contributed by atoms with Crippen LogP contribution in [-0.2, 0) is 17.9 Å². The molecule has 116 valence electrons. The lowest BCUT2D eigenvalue weighted by molar-refractivity contribution is 0.111. The van der Waals surface area contributed by atoms with Gasteiger partial charge in [-0.1, -0.05) is 45.9 Å². The van der Waals surface area contributed by atoms with Crippen LogP contribution < -0.4 is 0 Å². The lowest BCUT2D eigenvalue weighted by Gasteiger charge is -2.42. The fourth-order valence-electron chi connectivity index (χ4n) is 3.62. The maximum Gasteiger partial charge on any atom is 0.166 e. The second-order valence-corrected chi connectivity index (χ2v) is 7.91. The molecule has 0 N–H and O–H groups in total. The summed E-state index contributed by atoms with van der Waals surface area (Å²) in [5.74, 6) is 0. The van der Waals surface area contributed by atoms with E-state index in [1.807, 2.05) is 23.9 Å². The van der Waals surface area contributed by atoms with Gasteiger partial charge in [-0.3, -0.25) is 4.79 Å². The number of nitrogens with zero attached hydrogens (tertiary/aromatic N) is 1. The molecule has 0 unspecified atom stereocenters. The summed E-state index contributed by atoms with van der Waals surface area (Å²) in [5, 5.41) is 0. The lowest BCUT2D eigenvalue weighted by Crippen LogP contribution is -2.33. The van der Waals surface area contributed by atoms with Crippen molar-refractivity contribution < 1.29 is 4.79 Å². The molecule has 1 aliphatic rings. The van der Waals surface area contributed by atoms with E-state index in [-0.39, 0.29) is 10.8 Å². The highest BCUT2D eigenvalue weighted by atomic mass is 16.1. The standard InChI is InChI=1S/C20H25NO/c1-19(2)8-9-20(3,4)18-11-14(6-7-17(18)19)15-10-16(13-22)21(5)12-15/h6-7,10-13H,8-9H2,1-5H3. The molecule has 2 aromatic rings. The molecule has 0 atom stereocenters. The van der Waals surface area contributed by atoms with Crippen molar-refractivity contribution in [1.29, 1.82) is 0 Å². The molecule has 0 saturated carbocycles. The van der Waals surface area contributed by atoms with Crippen molar-refractivity contribution in [3.05, 3.63) is 47.3 Å². The summed E-state index contributed by atoms with van der Waals surface area (Å²) in [6.45, 7) is 9.36. The molecule has 1 aromatic heterocycles. The van der Waals surface area contributed by atoms with Crippen molar-refractivity contribution >= 4 is 6.29 Å². The number of fused-ring (bicyclic) bond motifs is 1. The lowest BCUT2D eigenvalue weighted by atomic mass is 9.63. The molecule has 1 aromatic carbocycles. The van der Waals surface area contributed by atoms with Crippen LogP contribution in [0.5, 0.6) is 0 Å². The zero-order valence-electron chi connectivity index (χ0n) is 14.2. The Morgan fingerprint density at radius 2 is 1.59 bits per heavy atom. The Morgan fingerprint density at radius 1 is 0.955 bits per heavy atom. The summed E-state index contributed by atoms with van der Waals surface area (Å²) >= 11 is 0. The van der Waals surface area contributed by atoms with Crippen LogP contribution in [0.1, 0.15) is 62.2 Å². The molecule has 0 amide bonds. The van der Waals surface area contributed by atoms with Gasteiger partial charge in [-0.05, 0) is 46.4 Å². The van der Waals surface area contributed by atoms with Gasteiger partial charge in [0.25, 0.3) is 0 Å². The van der Waals surface area contributed by atoms with Crippen molar-refractivity contribution in [3.63, 3.8) is 0 Å². The van der Waals surface area contributed by atoms with Gasteiger partial charge < -0.3 is 4.57 Å². The minimum Gasteiger partial charge on any atom is -0.348 e. The number of aldehydes is 1. The van der Waals surface area contributed by atoms with Gasteiger partial charge in [0.2, 0.25) is 0 Å². The summed E-state index contributed by atoms with van der Waals surface area (Å²) in [7, 11) is 1.92. The molecule has 2 heteroatoms. The van der Waals surface area contributed by atoms with Crippen LogP contribution in [0.25, 0.3) is 11.1 Å². The molecule has 0 spiro atoms. The summed E-state index contributed by atoms with van der Waals surface area (Å²) < 4.78 is 1.89. The zero-order chi connectivity index (χ0) is 16.1. The van der Waals surface area contributed by atoms with Gasteiger partial charge >= 0.3 is 0 Å². The van der Waals surface area contributed by atoms with Gasteiger partial charge in [0, 0.05) is 18.8 Å². The molecular weight excluding hydrogens is 270 g/mol. The van der Waals surface area contributed by atoms with Crippen LogP contribution in [0.2, 0.25) is 0 Å². The molecule has 2 nitrogen and oxygen atoms in total. The first-order chi connectivity index (χ1) is 10.2. The minimum atomic E-state index is 0.211. The van der Waals surface area contributed by atoms with E-state index in [0.717, 1.165) is 11.8 Å². The SMILES string of the molecule is Cn1cc(-c2ccc3c(c2)C(C)(C)CCC3(C)C)cc1C=O. The molecule has 0 aliphatic heterocycles. The van der Waals surface area contributed by atoms with Crippen LogP contribution in [0, 0.1) is 0 Å². The monoisotopic (exact) mass is 295 g/mol. The van der Waals surface area contributed by atoms with E-state index in [9.17, 15) is 4.79 Å². The number of aromatic nitrogens is 1. The van der Waals surface area contributed by atoms with E-state index >= 15 is 0 Å². The molecule has 22 heavy (non-hydrogen) atoms. The van der Waals surface area contributed by atoms with Crippen LogP contribution in [0.15, 0.2) is 30.5 Å². The van der Waals surface area contributed by atoms with Crippen LogP contribution in [0.4, 0.5) is 0 Å². The van der Waals surface area contributed by atoms with Crippen LogP contribution in [-0.4, -0.2) is 10.9 Å². The Labute approximate surface area is 133 Å². The number of hydrogen-bond donors (Lipinski definition) is 0. The van der Waals surface area contributed by atoms with Gasteiger partial charge in [-0.25, -0.2) is 0 Å². The van der Waals surface area contributed by atoms with Crippen molar-refractivity contribution in [2.24, 2.45) is 7.05 Å². The number of rotatable bonds is 2. The van der Waals surface area contributed by atoms with E-state index in [4.69, 9.17) is 0 Å². The second kappa shape index (κ2) is 4.84. The highest BCUT2D eigenvalue weighted by Crippen LogP contribution is 2.46. The van der Waals surface area contributed by atoms with Gasteiger partial charge in [0.05, 0.1) is 5.69 Å². The predicted octanol–water partition coefficient (Wildman–Crippen LogP) is 4.85. The van der Waals surface area contributed by atoms with E-state index in [1.54, 1.807) is 0 Å². The zero-order valence-corrected chi connectivity index (χ0v) is 14.2. The summed E-state index contributed by atoms with van der Waals surface area (Å²) in [6, 6.07) is 8.79. The largest absolute Gasteiger partial charge is 0.348 e. The molecule has 3 rings (SSSR count). The highest BCUT2D eigenvalue weighted by molar-refractivity contribution is 5.78. The quantitative estimate of drug-likeness (QED) is 0.726. The number of benzene rings is 1. The molecule has 0 radical (unpaired) electrons. The first kappa shape index (κ1) is 15.1. The predicted molar refractivity (Wildman–Crippen MR) is 91.5 cm³/mol. The fourth-order valence-corrected chi connectivity index (χ4v) is 3.62. The third kappa shape index (κ3) is 2.31. The van der Waals surface area contributed by atoms with Crippen LogP contribution in [0.3, 0.4) is 0 Å². The van der Waals surface area contributed by atoms with Crippen molar-refractivity contribution in [2.75, 3.05) is 0 Å². The number of carbonyl (C=O) groups excluding carboxylic acids is 1. The van der Waals surface area contributed by atoms with Gasteiger partial charge in [0.15, 0.2) is 6.29 Å². The van der Waals surface area contributed by atoms with Crippen LogP contribution >= 0.6 is 0 Å². The molecular formula is C20H25NO. The van der Waals surface area contributed by atoms with Gasteiger partial charge in [-0.15, -0.1) is 0 Å². The maximum atomic E-state index is 11.1. The van der Waals surface area contributed by atoms with E-state index in [0.29, 0.717) is 5.69 Å². The van der Waals surface area contributed by atoms with Crippen molar-refractivity contribution in [3.8, 4) is 11.1 Å². The number of hydrogen-bond acceptors (Lipinski definition) is 1. The van der Waals surface area contributed by atoms with Gasteiger partial charge in [0.1, 0.15) is 0 Å². The maximum absolute atomic E-state index is 11.1. The highest BCUT2D eigenvalue weighted by Gasteiger charge is 2.36. The Bertz CT molecular complexity index is 734.